The third kappa shape index (κ3) is 6.84. The number of nitrogens with one attached hydrogen (secondary N) is 1. The van der Waals surface area contributed by atoms with Gasteiger partial charge in [-0.1, -0.05) is 42.5 Å². The van der Waals surface area contributed by atoms with Crippen molar-refractivity contribution >= 4 is 23.0 Å². The molecule has 1 amide bonds. The second-order valence-corrected chi connectivity index (χ2v) is 10.1. The molecule has 0 aliphatic carbocycles. The van der Waals surface area contributed by atoms with Crippen molar-refractivity contribution in [3.8, 4) is 22.6 Å². The SMILES string of the molecule is COc1ccc(-c2cc(=O)oc3c(C)c(OC(=O)[C@H](Cc4ccccc4)NC(=O)OC(C)(C)C)ccc23)cc1. The summed E-state index contributed by atoms with van der Waals surface area (Å²) in [4.78, 5) is 38.3. The quantitative estimate of drug-likeness (QED) is 0.183. The molecule has 0 spiro atoms. The maximum absolute atomic E-state index is 13.3. The molecule has 0 aliphatic rings. The molecule has 202 valence electrons. The number of carbonyl (C=O) groups is 2. The lowest BCUT2D eigenvalue weighted by Gasteiger charge is -2.23. The van der Waals surface area contributed by atoms with Crippen molar-refractivity contribution in [2.24, 2.45) is 0 Å². The number of hydrogen-bond donors (Lipinski definition) is 1. The molecule has 1 N–H and O–H groups in total. The number of ether oxygens (including phenoxy) is 3. The summed E-state index contributed by atoms with van der Waals surface area (Å²) in [6.07, 6.45) is -0.534. The van der Waals surface area contributed by atoms with E-state index in [9.17, 15) is 14.4 Å². The van der Waals surface area contributed by atoms with Crippen LogP contribution in [0.25, 0.3) is 22.1 Å². The van der Waals surface area contributed by atoms with Crippen molar-refractivity contribution in [2.75, 3.05) is 7.11 Å². The van der Waals surface area contributed by atoms with Crippen LogP contribution >= 0.6 is 0 Å². The number of aryl methyl sites for hydroxylation is 1. The van der Waals surface area contributed by atoms with Crippen molar-refractivity contribution in [1.29, 1.82) is 0 Å². The maximum atomic E-state index is 13.3. The van der Waals surface area contributed by atoms with Gasteiger partial charge in [0, 0.05) is 23.4 Å². The summed E-state index contributed by atoms with van der Waals surface area (Å²) in [5, 5.41) is 3.31. The Balaban J connectivity index is 1.65. The molecule has 3 aromatic carbocycles. The van der Waals surface area contributed by atoms with Gasteiger partial charge >= 0.3 is 17.7 Å². The van der Waals surface area contributed by atoms with Gasteiger partial charge in [0.2, 0.25) is 0 Å². The second-order valence-electron chi connectivity index (χ2n) is 10.1. The van der Waals surface area contributed by atoms with Gasteiger partial charge in [-0.3, -0.25) is 0 Å². The van der Waals surface area contributed by atoms with Gasteiger partial charge in [0.05, 0.1) is 7.11 Å². The van der Waals surface area contributed by atoms with Gasteiger partial charge in [0.25, 0.3) is 0 Å². The van der Waals surface area contributed by atoms with Crippen LogP contribution in [0.15, 0.2) is 82.0 Å². The monoisotopic (exact) mass is 529 g/mol. The van der Waals surface area contributed by atoms with E-state index in [-0.39, 0.29) is 12.2 Å². The summed E-state index contributed by atoms with van der Waals surface area (Å²) in [7, 11) is 1.58. The molecule has 1 atom stereocenters. The van der Waals surface area contributed by atoms with Crippen molar-refractivity contribution in [2.45, 2.75) is 45.8 Å². The smallest absolute Gasteiger partial charge is 0.408 e. The molecule has 0 radical (unpaired) electrons. The van der Waals surface area contributed by atoms with Crippen LogP contribution in [0.4, 0.5) is 4.79 Å². The number of alkyl carbamates (subject to hydrolysis) is 1. The average Bonchev–Trinajstić information content (AvgIpc) is 2.89. The Morgan fingerprint density at radius 2 is 1.67 bits per heavy atom. The van der Waals surface area contributed by atoms with E-state index in [1.54, 1.807) is 46.9 Å². The van der Waals surface area contributed by atoms with Crippen molar-refractivity contribution in [1.82, 2.24) is 5.32 Å². The Hall–Kier alpha value is -4.59. The number of methoxy groups -OCH3 is 1. The number of benzene rings is 3. The highest BCUT2D eigenvalue weighted by molar-refractivity contribution is 5.96. The maximum Gasteiger partial charge on any atom is 0.408 e. The van der Waals surface area contributed by atoms with E-state index in [4.69, 9.17) is 18.6 Å². The van der Waals surface area contributed by atoms with E-state index in [0.717, 1.165) is 11.1 Å². The van der Waals surface area contributed by atoms with E-state index < -0.39 is 29.3 Å². The third-order valence-electron chi connectivity index (χ3n) is 5.98. The molecule has 0 saturated heterocycles. The molecule has 0 saturated carbocycles. The summed E-state index contributed by atoms with van der Waals surface area (Å²) in [5.41, 5.74) is 1.83. The van der Waals surface area contributed by atoms with Gasteiger partial charge < -0.3 is 23.9 Å². The molecule has 1 aromatic heterocycles. The fraction of sp³-hybridized carbons (Fsp3) is 0.258. The van der Waals surface area contributed by atoms with E-state index in [0.29, 0.717) is 27.8 Å². The van der Waals surface area contributed by atoms with E-state index in [1.807, 2.05) is 54.6 Å². The second kappa shape index (κ2) is 11.4. The molecule has 8 heteroatoms. The Labute approximate surface area is 226 Å². The Morgan fingerprint density at radius 1 is 0.974 bits per heavy atom. The topological polar surface area (TPSA) is 104 Å². The Morgan fingerprint density at radius 3 is 2.31 bits per heavy atom. The number of hydrogen-bond acceptors (Lipinski definition) is 7. The van der Waals surface area contributed by atoms with Crippen LogP contribution in [0.5, 0.6) is 11.5 Å². The van der Waals surface area contributed by atoms with E-state index >= 15 is 0 Å². The first-order valence-electron chi connectivity index (χ1n) is 12.5. The molecular weight excluding hydrogens is 498 g/mol. The first kappa shape index (κ1) is 27.4. The zero-order valence-corrected chi connectivity index (χ0v) is 22.6. The van der Waals surface area contributed by atoms with Gasteiger partial charge in [-0.2, -0.15) is 0 Å². The van der Waals surface area contributed by atoms with Crippen LogP contribution in [0.2, 0.25) is 0 Å². The summed E-state index contributed by atoms with van der Waals surface area (Å²) >= 11 is 0. The molecule has 0 aliphatic heterocycles. The summed E-state index contributed by atoms with van der Waals surface area (Å²) in [6, 6.07) is 20.4. The lowest BCUT2D eigenvalue weighted by atomic mass is 10.00. The number of amides is 1. The highest BCUT2D eigenvalue weighted by Gasteiger charge is 2.27. The minimum atomic E-state index is -1.02. The highest BCUT2D eigenvalue weighted by atomic mass is 16.6. The molecule has 0 bridgehead atoms. The van der Waals surface area contributed by atoms with Gasteiger partial charge in [0.15, 0.2) is 0 Å². The zero-order chi connectivity index (χ0) is 28.2. The van der Waals surface area contributed by atoms with Gasteiger partial charge in [-0.25, -0.2) is 14.4 Å². The predicted octanol–water partition coefficient (Wildman–Crippen LogP) is 5.82. The Kier molecular flexibility index (Phi) is 8.04. The van der Waals surface area contributed by atoms with Crippen LogP contribution in [-0.4, -0.2) is 30.8 Å². The van der Waals surface area contributed by atoms with Crippen molar-refractivity contribution in [3.05, 3.63) is 94.3 Å². The van der Waals surface area contributed by atoms with Crippen LogP contribution in [0.1, 0.15) is 31.9 Å². The van der Waals surface area contributed by atoms with Gasteiger partial charge in [-0.15, -0.1) is 0 Å². The molecule has 4 rings (SSSR count). The number of carbonyl (C=O) groups excluding carboxylic acids is 2. The zero-order valence-electron chi connectivity index (χ0n) is 22.6. The first-order valence-corrected chi connectivity index (χ1v) is 12.5. The normalized spacial score (nSPS) is 12.0. The lowest BCUT2D eigenvalue weighted by molar-refractivity contribution is -0.136. The molecule has 39 heavy (non-hydrogen) atoms. The van der Waals surface area contributed by atoms with Gasteiger partial charge in [0.1, 0.15) is 28.7 Å². The van der Waals surface area contributed by atoms with E-state index in [2.05, 4.69) is 5.32 Å². The van der Waals surface area contributed by atoms with Crippen LogP contribution < -0.4 is 20.4 Å². The van der Waals surface area contributed by atoms with Crippen LogP contribution in [0, 0.1) is 6.92 Å². The molecule has 4 aromatic rings. The van der Waals surface area contributed by atoms with Crippen molar-refractivity contribution < 1.29 is 28.2 Å². The molecule has 1 heterocycles. The summed E-state index contributed by atoms with van der Waals surface area (Å²) < 4.78 is 21.9. The van der Waals surface area contributed by atoms with Gasteiger partial charge in [-0.05, 0) is 68.7 Å². The minimum Gasteiger partial charge on any atom is -0.497 e. The summed E-state index contributed by atoms with van der Waals surface area (Å²) in [6.45, 7) is 6.93. The van der Waals surface area contributed by atoms with Crippen molar-refractivity contribution in [3.63, 3.8) is 0 Å². The molecule has 0 unspecified atom stereocenters. The minimum absolute atomic E-state index is 0.197. The third-order valence-corrected chi connectivity index (χ3v) is 5.98. The average molecular weight is 530 g/mol. The molecule has 8 nitrogen and oxygen atoms in total. The highest BCUT2D eigenvalue weighted by Crippen LogP contribution is 2.34. The predicted molar refractivity (Wildman–Crippen MR) is 148 cm³/mol. The van der Waals surface area contributed by atoms with E-state index in [1.165, 1.54) is 6.07 Å². The fourth-order valence-corrected chi connectivity index (χ4v) is 4.14. The Bertz CT molecular complexity index is 1530. The summed E-state index contributed by atoms with van der Waals surface area (Å²) in [5.74, 6) is 0.230. The molecule has 0 fully saturated rings. The number of fused-ring (bicyclic) bond motifs is 1. The number of esters is 1. The standard InChI is InChI=1S/C31H31NO7/c1-19-26(16-15-23-24(18-27(33)38-28(19)23)21-11-13-22(36-5)14-12-21)37-29(34)25(17-20-9-7-6-8-10-20)32-30(35)39-31(2,3)4/h6-16,18,25H,17H2,1-5H3,(H,32,35)/t25-/m0/s1. The lowest BCUT2D eigenvalue weighted by Crippen LogP contribution is -2.46. The largest absolute Gasteiger partial charge is 0.497 e. The molecular formula is C31H31NO7. The first-order chi connectivity index (χ1) is 18.5. The van der Waals surface area contributed by atoms with Crippen LogP contribution in [-0.2, 0) is 16.0 Å². The van der Waals surface area contributed by atoms with Crippen LogP contribution in [0.3, 0.4) is 0 Å². The fourth-order valence-electron chi connectivity index (χ4n) is 4.14. The number of rotatable bonds is 7.